The molecule has 0 atom stereocenters. The average Bonchev–Trinajstić information content (AvgIpc) is 3.17. The SMILES string of the molecule is Cc1cccc(-c2nc(C(C)C)n(C3CC3)c2N)c1C. The van der Waals surface area contributed by atoms with Crippen LogP contribution >= 0.6 is 0 Å². The minimum atomic E-state index is 0.400. The lowest BCUT2D eigenvalue weighted by Gasteiger charge is -2.10. The van der Waals surface area contributed by atoms with Crippen molar-refractivity contribution < 1.29 is 0 Å². The zero-order valence-electron chi connectivity index (χ0n) is 12.8. The lowest BCUT2D eigenvalue weighted by atomic mass is 10.0. The van der Waals surface area contributed by atoms with E-state index < -0.39 is 0 Å². The van der Waals surface area contributed by atoms with E-state index in [1.807, 2.05) is 0 Å². The van der Waals surface area contributed by atoms with E-state index in [1.54, 1.807) is 0 Å². The van der Waals surface area contributed by atoms with Gasteiger partial charge in [0.15, 0.2) is 0 Å². The van der Waals surface area contributed by atoms with Crippen LogP contribution in [0.4, 0.5) is 5.82 Å². The van der Waals surface area contributed by atoms with E-state index in [0.717, 1.165) is 17.3 Å². The molecule has 2 aromatic rings. The number of imidazole rings is 1. The van der Waals surface area contributed by atoms with Crippen molar-refractivity contribution in [3.05, 3.63) is 35.2 Å². The number of aromatic nitrogens is 2. The van der Waals surface area contributed by atoms with Crippen molar-refractivity contribution in [1.29, 1.82) is 0 Å². The summed E-state index contributed by atoms with van der Waals surface area (Å²) in [6, 6.07) is 6.92. The Morgan fingerprint density at radius 1 is 1.25 bits per heavy atom. The van der Waals surface area contributed by atoms with Crippen LogP contribution in [0.1, 0.15) is 55.6 Å². The van der Waals surface area contributed by atoms with Crippen molar-refractivity contribution in [2.45, 2.75) is 52.5 Å². The first kappa shape index (κ1) is 13.2. The van der Waals surface area contributed by atoms with Crippen LogP contribution in [0.3, 0.4) is 0 Å². The Balaban J connectivity index is 2.19. The zero-order chi connectivity index (χ0) is 14.4. The maximum absolute atomic E-state index is 6.43. The Labute approximate surface area is 120 Å². The van der Waals surface area contributed by atoms with Crippen LogP contribution in [0.25, 0.3) is 11.3 Å². The summed E-state index contributed by atoms with van der Waals surface area (Å²) < 4.78 is 2.27. The van der Waals surface area contributed by atoms with E-state index in [4.69, 9.17) is 10.7 Å². The number of hydrogen-bond acceptors (Lipinski definition) is 2. The first-order chi connectivity index (χ1) is 9.50. The molecule has 0 amide bonds. The predicted octanol–water partition coefficient (Wildman–Crippen LogP) is 4.21. The lowest BCUT2D eigenvalue weighted by Crippen LogP contribution is -2.06. The minimum Gasteiger partial charge on any atom is -0.383 e. The molecule has 1 heterocycles. The predicted molar refractivity (Wildman–Crippen MR) is 83.9 cm³/mol. The molecule has 0 radical (unpaired) electrons. The van der Waals surface area contributed by atoms with Gasteiger partial charge in [0, 0.05) is 17.5 Å². The molecule has 106 valence electrons. The molecule has 2 N–H and O–H groups in total. The van der Waals surface area contributed by atoms with Gasteiger partial charge in [0.1, 0.15) is 17.3 Å². The van der Waals surface area contributed by atoms with E-state index in [1.165, 1.54) is 29.5 Å². The fourth-order valence-electron chi connectivity index (χ4n) is 2.79. The number of nitrogens with two attached hydrogens (primary N) is 1. The molecule has 0 saturated heterocycles. The maximum Gasteiger partial charge on any atom is 0.132 e. The number of hydrogen-bond donors (Lipinski definition) is 1. The smallest absolute Gasteiger partial charge is 0.132 e. The minimum absolute atomic E-state index is 0.400. The molecule has 0 aliphatic heterocycles. The molecule has 1 aromatic carbocycles. The van der Waals surface area contributed by atoms with Crippen LogP contribution in [0.2, 0.25) is 0 Å². The Morgan fingerprint density at radius 2 is 1.95 bits per heavy atom. The van der Waals surface area contributed by atoms with E-state index in [2.05, 4.69) is 50.5 Å². The fourth-order valence-corrected chi connectivity index (χ4v) is 2.79. The van der Waals surface area contributed by atoms with Crippen molar-refractivity contribution >= 4 is 5.82 Å². The van der Waals surface area contributed by atoms with Crippen molar-refractivity contribution in [3.63, 3.8) is 0 Å². The quantitative estimate of drug-likeness (QED) is 0.907. The Hall–Kier alpha value is -1.77. The van der Waals surface area contributed by atoms with E-state index in [0.29, 0.717) is 12.0 Å². The van der Waals surface area contributed by atoms with Crippen LogP contribution in [0.5, 0.6) is 0 Å². The molecule has 0 unspecified atom stereocenters. The summed E-state index contributed by atoms with van der Waals surface area (Å²) >= 11 is 0. The summed E-state index contributed by atoms with van der Waals surface area (Å²) in [4.78, 5) is 4.88. The molecule has 1 aliphatic carbocycles. The summed E-state index contributed by atoms with van der Waals surface area (Å²) in [7, 11) is 0. The van der Waals surface area contributed by atoms with Gasteiger partial charge in [-0.1, -0.05) is 32.0 Å². The molecule has 0 bridgehead atoms. The van der Waals surface area contributed by atoms with Gasteiger partial charge in [-0.05, 0) is 37.8 Å². The molecule has 1 saturated carbocycles. The van der Waals surface area contributed by atoms with Gasteiger partial charge in [0.2, 0.25) is 0 Å². The Kier molecular flexibility index (Phi) is 3.08. The molecular formula is C17H23N3. The van der Waals surface area contributed by atoms with Gasteiger partial charge in [-0.25, -0.2) is 4.98 Å². The zero-order valence-corrected chi connectivity index (χ0v) is 12.8. The second kappa shape index (κ2) is 4.65. The van der Waals surface area contributed by atoms with Gasteiger partial charge < -0.3 is 10.3 Å². The van der Waals surface area contributed by atoms with Gasteiger partial charge in [0.05, 0.1) is 0 Å². The highest BCUT2D eigenvalue weighted by Gasteiger charge is 2.31. The lowest BCUT2D eigenvalue weighted by molar-refractivity contribution is 0.646. The second-order valence-corrected chi connectivity index (χ2v) is 6.21. The molecular weight excluding hydrogens is 246 g/mol. The number of benzene rings is 1. The molecule has 3 nitrogen and oxygen atoms in total. The summed E-state index contributed by atoms with van der Waals surface area (Å²) in [5.74, 6) is 2.36. The molecule has 0 spiro atoms. The van der Waals surface area contributed by atoms with Crippen molar-refractivity contribution in [2.75, 3.05) is 5.73 Å². The number of nitrogen functional groups attached to an aromatic ring is 1. The van der Waals surface area contributed by atoms with Crippen molar-refractivity contribution in [1.82, 2.24) is 9.55 Å². The van der Waals surface area contributed by atoms with Crippen LogP contribution in [-0.2, 0) is 0 Å². The van der Waals surface area contributed by atoms with Crippen LogP contribution in [0.15, 0.2) is 18.2 Å². The van der Waals surface area contributed by atoms with Crippen molar-refractivity contribution in [2.24, 2.45) is 0 Å². The summed E-state index contributed by atoms with van der Waals surface area (Å²) in [6.07, 6.45) is 2.46. The third-order valence-electron chi connectivity index (χ3n) is 4.26. The van der Waals surface area contributed by atoms with E-state index in [9.17, 15) is 0 Å². The highest BCUT2D eigenvalue weighted by Crippen LogP contribution is 2.42. The van der Waals surface area contributed by atoms with E-state index >= 15 is 0 Å². The summed E-state index contributed by atoms with van der Waals surface area (Å²) in [5, 5.41) is 0. The largest absolute Gasteiger partial charge is 0.383 e. The summed E-state index contributed by atoms with van der Waals surface area (Å²) in [6.45, 7) is 8.66. The van der Waals surface area contributed by atoms with Crippen LogP contribution < -0.4 is 5.73 Å². The summed E-state index contributed by atoms with van der Waals surface area (Å²) in [5.41, 5.74) is 11.1. The number of rotatable bonds is 3. The third-order valence-corrected chi connectivity index (χ3v) is 4.26. The van der Waals surface area contributed by atoms with Gasteiger partial charge in [0.25, 0.3) is 0 Å². The van der Waals surface area contributed by atoms with Crippen molar-refractivity contribution in [3.8, 4) is 11.3 Å². The van der Waals surface area contributed by atoms with Crippen LogP contribution in [0, 0.1) is 13.8 Å². The average molecular weight is 269 g/mol. The molecule has 3 rings (SSSR count). The first-order valence-corrected chi connectivity index (χ1v) is 7.45. The van der Waals surface area contributed by atoms with Gasteiger partial charge in [-0.15, -0.1) is 0 Å². The Bertz CT molecular complexity index is 648. The first-order valence-electron chi connectivity index (χ1n) is 7.45. The fraction of sp³-hybridized carbons (Fsp3) is 0.471. The van der Waals surface area contributed by atoms with Gasteiger partial charge >= 0.3 is 0 Å². The second-order valence-electron chi connectivity index (χ2n) is 6.21. The van der Waals surface area contributed by atoms with E-state index in [-0.39, 0.29) is 0 Å². The molecule has 1 aliphatic rings. The standard InChI is InChI=1S/C17H23N3/c1-10(2)17-19-15(16(18)20(17)13-8-9-13)14-7-5-6-11(3)12(14)4/h5-7,10,13H,8-9,18H2,1-4H3. The highest BCUT2D eigenvalue weighted by molar-refractivity contribution is 5.74. The molecule has 1 fully saturated rings. The normalized spacial score (nSPS) is 15.1. The number of anilines is 1. The molecule has 20 heavy (non-hydrogen) atoms. The monoisotopic (exact) mass is 269 g/mol. The molecule has 3 heteroatoms. The third kappa shape index (κ3) is 2.01. The Morgan fingerprint density at radius 3 is 2.55 bits per heavy atom. The number of aryl methyl sites for hydroxylation is 1. The molecule has 1 aromatic heterocycles. The topological polar surface area (TPSA) is 43.8 Å². The van der Waals surface area contributed by atoms with Crippen LogP contribution in [-0.4, -0.2) is 9.55 Å². The maximum atomic E-state index is 6.43. The highest BCUT2D eigenvalue weighted by atomic mass is 15.2. The van der Waals surface area contributed by atoms with Gasteiger partial charge in [-0.3, -0.25) is 0 Å². The van der Waals surface area contributed by atoms with Gasteiger partial charge in [-0.2, -0.15) is 0 Å². The number of nitrogens with zero attached hydrogens (tertiary/aromatic N) is 2.